The summed E-state index contributed by atoms with van der Waals surface area (Å²) in [5, 5.41) is 4.10. The third kappa shape index (κ3) is 3.51. The van der Waals surface area contributed by atoms with E-state index in [9.17, 15) is 8.78 Å². The molecule has 1 atom stereocenters. The van der Waals surface area contributed by atoms with Crippen LogP contribution < -0.4 is 5.73 Å². The van der Waals surface area contributed by atoms with E-state index in [-0.39, 0.29) is 24.8 Å². The van der Waals surface area contributed by atoms with E-state index in [0.717, 1.165) is 18.4 Å². The first kappa shape index (κ1) is 13.5. The van der Waals surface area contributed by atoms with E-state index in [4.69, 9.17) is 5.73 Å². The topological polar surface area (TPSA) is 43.8 Å². The number of aromatic nitrogens is 2. The molecule has 1 heterocycles. The largest absolute Gasteiger partial charge is 0.327 e. The van der Waals surface area contributed by atoms with E-state index in [1.54, 1.807) is 4.68 Å². The minimum atomic E-state index is -2.46. The minimum absolute atomic E-state index is 0.00173. The second kappa shape index (κ2) is 5.34. The summed E-state index contributed by atoms with van der Waals surface area (Å²) < 4.78 is 27.9. The fourth-order valence-electron chi connectivity index (χ4n) is 2.66. The Bertz CT molecular complexity index is 379. The van der Waals surface area contributed by atoms with Crippen LogP contribution in [0.15, 0.2) is 12.4 Å². The molecule has 18 heavy (non-hydrogen) atoms. The van der Waals surface area contributed by atoms with E-state index < -0.39 is 5.92 Å². The van der Waals surface area contributed by atoms with Crippen LogP contribution in [0.3, 0.4) is 0 Å². The fourth-order valence-corrected chi connectivity index (χ4v) is 2.66. The van der Waals surface area contributed by atoms with Gasteiger partial charge in [0.25, 0.3) is 0 Å². The van der Waals surface area contributed by atoms with Crippen molar-refractivity contribution in [3.63, 3.8) is 0 Å². The molecule has 1 aromatic rings. The van der Waals surface area contributed by atoms with E-state index in [1.807, 2.05) is 19.4 Å². The van der Waals surface area contributed by atoms with Crippen molar-refractivity contribution >= 4 is 0 Å². The molecule has 0 aliphatic heterocycles. The highest BCUT2D eigenvalue weighted by molar-refractivity contribution is 5.04. The molecule has 0 saturated heterocycles. The van der Waals surface area contributed by atoms with Crippen LogP contribution in [0.4, 0.5) is 8.78 Å². The summed E-state index contributed by atoms with van der Waals surface area (Å²) >= 11 is 0. The van der Waals surface area contributed by atoms with Crippen LogP contribution in [0.25, 0.3) is 0 Å². The third-order valence-corrected chi connectivity index (χ3v) is 3.89. The molecule has 1 saturated carbocycles. The summed E-state index contributed by atoms with van der Waals surface area (Å²) in [5.74, 6) is -2.21. The number of halogens is 2. The highest BCUT2D eigenvalue weighted by Crippen LogP contribution is 2.37. The predicted octanol–water partition coefficient (Wildman–Crippen LogP) is 2.51. The highest BCUT2D eigenvalue weighted by atomic mass is 19.3. The quantitative estimate of drug-likeness (QED) is 0.900. The van der Waals surface area contributed by atoms with Gasteiger partial charge in [-0.05, 0) is 37.2 Å². The van der Waals surface area contributed by atoms with Gasteiger partial charge in [0.2, 0.25) is 5.92 Å². The van der Waals surface area contributed by atoms with Gasteiger partial charge < -0.3 is 5.73 Å². The Balaban J connectivity index is 1.77. The number of nitrogens with two attached hydrogens (primary N) is 1. The zero-order valence-electron chi connectivity index (χ0n) is 10.8. The lowest BCUT2D eigenvalue weighted by molar-refractivity contribution is -0.0484. The van der Waals surface area contributed by atoms with Gasteiger partial charge in [0.1, 0.15) is 0 Å². The van der Waals surface area contributed by atoms with Crippen LogP contribution in [0, 0.1) is 5.92 Å². The maximum absolute atomic E-state index is 13.0. The molecule has 1 aromatic heterocycles. The Hall–Kier alpha value is -0.970. The molecule has 0 bridgehead atoms. The number of alkyl halides is 2. The van der Waals surface area contributed by atoms with Gasteiger partial charge in [0.15, 0.2) is 0 Å². The molecule has 5 heteroatoms. The molecule has 3 nitrogen and oxygen atoms in total. The summed E-state index contributed by atoms with van der Waals surface area (Å²) in [7, 11) is 1.88. The molecule has 0 radical (unpaired) electrons. The predicted molar refractivity (Wildman–Crippen MR) is 66.4 cm³/mol. The molecule has 102 valence electrons. The fraction of sp³-hybridized carbons (Fsp3) is 0.769. The average Bonchev–Trinajstić information content (AvgIpc) is 2.72. The molecule has 1 fully saturated rings. The van der Waals surface area contributed by atoms with Crippen molar-refractivity contribution in [2.24, 2.45) is 18.7 Å². The Morgan fingerprint density at radius 2 is 2.17 bits per heavy atom. The van der Waals surface area contributed by atoms with Crippen LogP contribution in [0.5, 0.6) is 0 Å². The van der Waals surface area contributed by atoms with Gasteiger partial charge in [0, 0.05) is 32.1 Å². The second-order valence-corrected chi connectivity index (χ2v) is 5.42. The van der Waals surface area contributed by atoms with E-state index in [0.29, 0.717) is 12.8 Å². The first-order valence-electron chi connectivity index (χ1n) is 6.57. The van der Waals surface area contributed by atoms with Crippen molar-refractivity contribution in [1.82, 2.24) is 9.78 Å². The van der Waals surface area contributed by atoms with E-state index in [1.165, 1.54) is 0 Å². The lowest BCUT2D eigenvalue weighted by atomic mass is 9.81. The highest BCUT2D eigenvalue weighted by Gasteiger charge is 2.36. The minimum Gasteiger partial charge on any atom is -0.327 e. The Morgan fingerprint density at radius 3 is 2.72 bits per heavy atom. The molecular formula is C13H21F2N3. The molecule has 2 N–H and O–H groups in total. The number of hydrogen-bond acceptors (Lipinski definition) is 2. The van der Waals surface area contributed by atoms with Crippen LogP contribution in [-0.4, -0.2) is 21.7 Å². The van der Waals surface area contributed by atoms with Gasteiger partial charge in [-0.25, -0.2) is 8.78 Å². The standard InChI is InChI=1S/C13H21F2N3/c1-18-9-10(8-17-18)2-3-12(16)11-4-6-13(14,15)7-5-11/h8-9,11-12H,2-7,16H2,1H3. The van der Waals surface area contributed by atoms with E-state index >= 15 is 0 Å². The Labute approximate surface area is 106 Å². The van der Waals surface area contributed by atoms with Crippen molar-refractivity contribution in [3.8, 4) is 0 Å². The molecule has 1 aliphatic carbocycles. The average molecular weight is 257 g/mol. The summed E-state index contributed by atoms with van der Waals surface area (Å²) in [6.45, 7) is 0. The van der Waals surface area contributed by atoms with Gasteiger partial charge in [-0.3, -0.25) is 4.68 Å². The SMILES string of the molecule is Cn1cc(CCC(N)C2CCC(F)(F)CC2)cn1. The van der Waals surface area contributed by atoms with Crippen molar-refractivity contribution in [2.45, 2.75) is 50.5 Å². The second-order valence-electron chi connectivity index (χ2n) is 5.42. The van der Waals surface area contributed by atoms with Crippen molar-refractivity contribution < 1.29 is 8.78 Å². The maximum Gasteiger partial charge on any atom is 0.248 e. The van der Waals surface area contributed by atoms with Crippen molar-refractivity contribution in [1.29, 1.82) is 0 Å². The summed E-state index contributed by atoms with van der Waals surface area (Å²) in [6, 6.07) is 0.0290. The van der Waals surface area contributed by atoms with Gasteiger partial charge in [-0.2, -0.15) is 5.10 Å². The van der Waals surface area contributed by atoms with Crippen LogP contribution in [0.1, 0.15) is 37.7 Å². The van der Waals surface area contributed by atoms with E-state index in [2.05, 4.69) is 5.10 Å². The molecule has 0 spiro atoms. The lowest BCUT2D eigenvalue weighted by Crippen LogP contribution is -2.36. The zero-order valence-corrected chi connectivity index (χ0v) is 10.8. The van der Waals surface area contributed by atoms with Crippen molar-refractivity contribution in [2.75, 3.05) is 0 Å². The first-order valence-corrected chi connectivity index (χ1v) is 6.57. The summed E-state index contributed by atoms with van der Waals surface area (Å²) in [4.78, 5) is 0. The van der Waals surface area contributed by atoms with Crippen LogP contribution in [0.2, 0.25) is 0 Å². The van der Waals surface area contributed by atoms with Crippen LogP contribution >= 0.6 is 0 Å². The summed E-state index contributed by atoms with van der Waals surface area (Å²) in [6.07, 6.45) is 6.65. The van der Waals surface area contributed by atoms with Gasteiger partial charge in [0.05, 0.1) is 6.20 Å². The number of aryl methyl sites for hydroxylation is 2. The molecule has 0 amide bonds. The van der Waals surface area contributed by atoms with Gasteiger partial charge in [-0.1, -0.05) is 0 Å². The molecular weight excluding hydrogens is 236 g/mol. The number of hydrogen-bond donors (Lipinski definition) is 1. The maximum atomic E-state index is 13.0. The zero-order chi connectivity index (χ0) is 13.2. The van der Waals surface area contributed by atoms with Gasteiger partial charge in [-0.15, -0.1) is 0 Å². The van der Waals surface area contributed by atoms with Crippen molar-refractivity contribution in [3.05, 3.63) is 18.0 Å². The molecule has 1 unspecified atom stereocenters. The van der Waals surface area contributed by atoms with Gasteiger partial charge >= 0.3 is 0 Å². The number of rotatable bonds is 4. The normalized spacial score (nSPS) is 22.0. The first-order chi connectivity index (χ1) is 8.46. The third-order valence-electron chi connectivity index (χ3n) is 3.89. The molecule has 0 aromatic carbocycles. The Morgan fingerprint density at radius 1 is 1.50 bits per heavy atom. The van der Waals surface area contributed by atoms with Crippen LogP contribution in [-0.2, 0) is 13.5 Å². The molecule has 2 rings (SSSR count). The number of nitrogens with zero attached hydrogens (tertiary/aromatic N) is 2. The molecule has 1 aliphatic rings. The lowest BCUT2D eigenvalue weighted by Gasteiger charge is -2.31. The summed E-state index contributed by atoms with van der Waals surface area (Å²) in [5.41, 5.74) is 7.28. The Kier molecular flexibility index (Phi) is 4.00. The monoisotopic (exact) mass is 257 g/mol. The smallest absolute Gasteiger partial charge is 0.248 e.